The zero-order chi connectivity index (χ0) is 23.8. The zero-order valence-corrected chi connectivity index (χ0v) is 19.7. The minimum atomic E-state index is -0.324. The highest BCUT2D eigenvalue weighted by molar-refractivity contribution is 7.18. The van der Waals surface area contributed by atoms with Crippen molar-refractivity contribution in [3.8, 4) is 16.5 Å². The molecule has 0 bridgehead atoms. The topological polar surface area (TPSA) is 105 Å². The van der Waals surface area contributed by atoms with Crippen LogP contribution in [0.25, 0.3) is 10.6 Å². The monoisotopic (exact) mass is 475 g/mol. The molecule has 0 unspecified atom stereocenters. The van der Waals surface area contributed by atoms with E-state index in [1.807, 2.05) is 56.6 Å². The van der Waals surface area contributed by atoms with Crippen LogP contribution in [0.1, 0.15) is 15.9 Å². The summed E-state index contributed by atoms with van der Waals surface area (Å²) in [5.41, 5.74) is 2.97. The van der Waals surface area contributed by atoms with Crippen molar-refractivity contribution in [2.24, 2.45) is 0 Å². The van der Waals surface area contributed by atoms with Gasteiger partial charge in [-0.25, -0.2) is 4.98 Å². The minimum Gasteiger partial charge on any atom is -0.471 e. The standard InChI is InChI=1S/C24H25N7O2S/c1-31(2)13-12-26-20-14-19(15-27-22(20)33-16-17-6-4-3-5-7-17)21(32)28-24-30-29-23(34-24)18-8-10-25-11-9-18/h3-11,14-15,26H,12-13,16H2,1-2H3,(H,28,30,32). The van der Waals surface area contributed by atoms with Gasteiger partial charge in [-0.2, -0.15) is 0 Å². The van der Waals surface area contributed by atoms with Crippen LogP contribution in [0.2, 0.25) is 0 Å². The largest absolute Gasteiger partial charge is 0.471 e. The Balaban J connectivity index is 1.48. The van der Waals surface area contributed by atoms with Crippen molar-refractivity contribution in [1.29, 1.82) is 0 Å². The number of hydrogen-bond acceptors (Lipinski definition) is 9. The molecule has 4 aromatic rings. The fourth-order valence-electron chi connectivity index (χ4n) is 3.01. The van der Waals surface area contributed by atoms with Gasteiger partial charge in [-0.15, -0.1) is 10.2 Å². The average molecular weight is 476 g/mol. The number of aromatic nitrogens is 4. The van der Waals surface area contributed by atoms with Crippen LogP contribution in [-0.2, 0) is 6.61 Å². The third kappa shape index (κ3) is 6.33. The summed E-state index contributed by atoms with van der Waals surface area (Å²) in [7, 11) is 4.00. The fraction of sp³-hybridized carbons (Fsp3) is 0.208. The maximum Gasteiger partial charge on any atom is 0.259 e. The number of likely N-dealkylation sites (N-methyl/N-ethyl adjacent to an activating group) is 1. The molecule has 34 heavy (non-hydrogen) atoms. The number of hydrogen-bond donors (Lipinski definition) is 2. The Morgan fingerprint density at radius 1 is 1.09 bits per heavy atom. The van der Waals surface area contributed by atoms with E-state index in [2.05, 4.69) is 35.7 Å². The lowest BCUT2D eigenvalue weighted by Gasteiger charge is -2.15. The molecule has 0 saturated carbocycles. The quantitative estimate of drug-likeness (QED) is 0.357. The summed E-state index contributed by atoms with van der Waals surface area (Å²) >= 11 is 1.29. The SMILES string of the molecule is CN(C)CCNc1cc(C(=O)Nc2nnc(-c3ccncc3)s2)cnc1OCc1ccccc1. The second-order valence-corrected chi connectivity index (χ2v) is 8.66. The molecule has 0 aliphatic carbocycles. The fourth-order valence-corrected chi connectivity index (χ4v) is 3.76. The highest BCUT2D eigenvalue weighted by atomic mass is 32.1. The lowest BCUT2D eigenvalue weighted by Crippen LogP contribution is -2.21. The molecule has 0 fully saturated rings. The molecule has 3 heterocycles. The first-order valence-electron chi connectivity index (χ1n) is 10.7. The van der Waals surface area contributed by atoms with Gasteiger partial charge in [-0.1, -0.05) is 41.7 Å². The van der Waals surface area contributed by atoms with Crippen molar-refractivity contribution in [3.05, 3.63) is 78.2 Å². The molecule has 0 aliphatic heterocycles. The van der Waals surface area contributed by atoms with Crippen molar-refractivity contribution in [2.45, 2.75) is 6.61 Å². The number of rotatable bonds is 10. The number of anilines is 2. The van der Waals surface area contributed by atoms with E-state index in [9.17, 15) is 4.79 Å². The summed E-state index contributed by atoms with van der Waals surface area (Å²) in [6, 6.07) is 15.3. The number of amides is 1. The van der Waals surface area contributed by atoms with Gasteiger partial charge in [0.2, 0.25) is 11.0 Å². The second-order valence-electron chi connectivity index (χ2n) is 7.68. The van der Waals surface area contributed by atoms with Crippen molar-refractivity contribution < 1.29 is 9.53 Å². The van der Waals surface area contributed by atoms with E-state index in [0.717, 1.165) is 17.7 Å². The van der Waals surface area contributed by atoms with Crippen LogP contribution in [0.15, 0.2) is 67.1 Å². The molecule has 3 aromatic heterocycles. The zero-order valence-electron chi connectivity index (χ0n) is 18.9. The highest BCUT2D eigenvalue weighted by Gasteiger charge is 2.15. The van der Waals surface area contributed by atoms with Crippen LogP contribution >= 0.6 is 11.3 Å². The third-order valence-electron chi connectivity index (χ3n) is 4.78. The Labute approximate surface area is 201 Å². The first-order valence-corrected chi connectivity index (χ1v) is 11.5. The normalized spacial score (nSPS) is 10.8. The van der Waals surface area contributed by atoms with E-state index in [1.54, 1.807) is 18.5 Å². The number of nitrogens with one attached hydrogen (secondary N) is 2. The summed E-state index contributed by atoms with van der Waals surface area (Å²) in [6.45, 7) is 1.87. The summed E-state index contributed by atoms with van der Waals surface area (Å²) in [4.78, 5) is 23.4. The van der Waals surface area contributed by atoms with Crippen LogP contribution in [0.5, 0.6) is 5.88 Å². The van der Waals surface area contributed by atoms with Crippen molar-refractivity contribution in [3.63, 3.8) is 0 Å². The first kappa shape index (κ1) is 23.3. The van der Waals surface area contributed by atoms with Gasteiger partial charge >= 0.3 is 0 Å². The van der Waals surface area contributed by atoms with E-state index >= 15 is 0 Å². The maximum atomic E-state index is 12.9. The molecule has 4 rings (SSSR count). The van der Waals surface area contributed by atoms with E-state index in [0.29, 0.717) is 40.4 Å². The molecule has 10 heteroatoms. The highest BCUT2D eigenvalue weighted by Crippen LogP contribution is 2.27. The molecular weight excluding hydrogens is 450 g/mol. The molecule has 0 atom stereocenters. The lowest BCUT2D eigenvalue weighted by atomic mass is 10.2. The van der Waals surface area contributed by atoms with E-state index in [4.69, 9.17) is 4.74 Å². The Hall–Kier alpha value is -3.89. The van der Waals surface area contributed by atoms with Gasteiger partial charge in [0.15, 0.2) is 0 Å². The molecule has 0 radical (unpaired) electrons. The average Bonchev–Trinajstić information content (AvgIpc) is 3.32. The van der Waals surface area contributed by atoms with Gasteiger partial charge in [0.1, 0.15) is 11.6 Å². The van der Waals surface area contributed by atoms with Gasteiger partial charge in [0.05, 0.1) is 11.3 Å². The number of ether oxygens (including phenoxy) is 1. The third-order valence-corrected chi connectivity index (χ3v) is 5.67. The van der Waals surface area contributed by atoms with Crippen LogP contribution in [0, 0.1) is 0 Å². The van der Waals surface area contributed by atoms with Crippen LogP contribution < -0.4 is 15.4 Å². The van der Waals surface area contributed by atoms with Crippen molar-refractivity contribution >= 4 is 28.1 Å². The number of carbonyl (C=O) groups is 1. The number of pyridine rings is 2. The van der Waals surface area contributed by atoms with Crippen LogP contribution in [0.3, 0.4) is 0 Å². The van der Waals surface area contributed by atoms with Gasteiger partial charge in [0.25, 0.3) is 5.91 Å². The predicted octanol–water partition coefficient (Wildman–Crippen LogP) is 3.80. The van der Waals surface area contributed by atoms with Crippen LogP contribution in [-0.4, -0.2) is 58.2 Å². The molecule has 0 saturated heterocycles. The van der Waals surface area contributed by atoms with E-state index < -0.39 is 0 Å². The Kier molecular flexibility index (Phi) is 7.74. The summed E-state index contributed by atoms with van der Waals surface area (Å²) in [5, 5.41) is 15.5. The summed E-state index contributed by atoms with van der Waals surface area (Å²) in [5.74, 6) is 0.116. The Bertz CT molecular complexity index is 1220. The summed E-state index contributed by atoms with van der Waals surface area (Å²) in [6.07, 6.45) is 4.87. The number of nitrogens with zero attached hydrogens (tertiary/aromatic N) is 5. The minimum absolute atomic E-state index is 0.324. The van der Waals surface area contributed by atoms with Gasteiger partial charge in [-0.3, -0.25) is 15.1 Å². The molecule has 1 aromatic carbocycles. The lowest BCUT2D eigenvalue weighted by molar-refractivity contribution is 0.102. The Morgan fingerprint density at radius 3 is 2.65 bits per heavy atom. The molecule has 174 valence electrons. The van der Waals surface area contributed by atoms with Crippen LogP contribution in [0.4, 0.5) is 10.8 Å². The smallest absolute Gasteiger partial charge is 0.259 e. The van der Waals surface area contributed by atoms with Gasteiger partial charge < -0.3 is 15.0 Å². The number of benzene rings is 1. The first-order chi connectivity index (χ1) is 16.6. The molecule has 0 spiro atoms. The summed E-state index contributed by atoms with van der Waals surface area (Å²) < 4.78 is 5.94. The van der Waals surface area contributed by atoms with Gasteiger partial charge in [0, 0.05) is 37.2 Å². The van der Waals surface area contributed by atoms with E-state index in [-0.39, 0.29) is 5.91 Å². The molecule has 9 nitrogen and oxygen atoms in total. The molecule has 0 aliphatic rings. The van der Waals surface area contributed by atoms with Crippen molar-refractivity contribution in [2.75, 3.05) is 37.8 Å². The van der Waals surface area contributed by atoms with Gasteiger partial charge in [-0.05, 0) is 37.9 Å². The number of carbonyl (C=O) groups excluding carboxylic acids is 1. The van der Waals surface area contributed by atoms with Crippen molar-refractivity contribution in [1.82, 2.24) is 25.1 Å². The predicted molar refractivity (Wildman–Crippen MR) is 133 cm³/mol. The maximum absolute atomic E-state index is 12.9. The second kappa shape index (κ2) is 11.3. The molecule has 2 N–H and O–H groups in total. The Morgan fingerprint density at radius 2 is 1.88 bits per heavy atom. The van der Waals surface area contributed by atoms with E-state index in [1.165, 1.54) is 17.5 Å². The molecule has 1 amide bonds. The molecular formula is C24H25N7O2S.